The Morgan fingerprint density at radius 1 is 1.20 bits per heavy atom. The van der Waals surface area contributed by atoms with Crippen LogP contribution in [0.5, 0.6) is 0 Å². The Bertz CT molecular complexity index is 645. The zero-order chi connectivity index (χ0) is 14.7. The Hall–Kier alpha value is -2.02. The number of hydrogen-bond acceptors (Lipinski definition) is 3. The van der Waals surface area contributed by atoms with Crippen LogP contribution in [0.15, 0.2) is 40.9 Å². The van der Waals surface area contributed by atoms with Gasteiger partial charge in [0.25, 0.3) is 0 Å². The highest BCUT2D eigenvalue weighted by Gasteiger charge is 2.17. The molecule has 0 spiro atoms. The number of nitrogens with one attached hydrogen (secondary N) is 1. The summed E-state index contributed by atoms with van der Waals surface area (Å²) in [6.45, 7) is -0.0625. The van der Waals surface area contributed by atoms with Crippen LogP contribution in [0.2, 0.25) is 0 Å². The van der Waals surface area contributed by atoms with E-state index in [1.54, 1.807) is 6.07 Å². The van der Waals surface area contributed by atoms with Crippen LogP contribution in [0.3, 0.4) is 0 Å². The smallest absolute Gasteiger partial charge is 0.305 e. The topological polar surface area (TPSA) is 55.2 Å². The first kappa shape index (κ1) is 14.4. The van der Waals surface area contributed by atoms with Gasteiger partial charge in [-0.25, -0.2) is 4.39 Å². The van der Waals surface area contributed by atoms with Crippen molar-refractivity contribution in [3.63, 3.8) is 0 Å². The molecule has 0 amide bonds. The molecule has 2 aromatic carbocycles. The highest BCUT2D eigenvalue weighted by atomic mass is 79.9. The minimum absolute atomic E-state index is 0.0625. The van der Waals surface area contributed by atoms with E-state index in [1.165, 1.54) is 24.3 Å². The average Bonchev–Trinajstić information content (AvgIpc) is 2.39. The van der Waals surface area contributed by atoms with Crippen LogP contribution in [0, 0.1) is 21.7 Å². The predicted octanol–water partition coefficient (Wildman–Crippen LogP) is 4.25. The summed E-state index contributed by atoms with van der Waals surface area (Å²) < 4.78 is 27.9. The maximum atomic E-state index is 13.8. The minimum atomic E-state index is -0.919. The molecule has 0 saturated heterocycles. The molecule has 2 rings (SSSR count). The van der Waals surface area contributed by atoms with Gasteiger partial charge in [0, 0.05) is 22.6 Å². The fourth-order valence-electron chi connectivity index (χ4n) is 1.69. The number of anilines is 1. The third kappa shape index (κ3) is 2.93. The van der Waals surface area contributed by atoms with Crippen molar-refractivity contribution in [2.45, 2.75) is 6.54 Å². The minimum Gasteiger partial charge on any atom is -0.378 e. The first-order chi connectivity index (χ1) is 9.50. The molecule has 0 bridgehead atoms. The van der Waals surface area contributed by atoms with Gasteiger partial charge in [0.1, 0.15) is 5.82 Å². The van der Waals surface area contributed by atoms with Gasteiger partial charge in [0.2, 0.25) is 5.82 Å². The molecule has 0 saturated carbocycles. The normalized spacial score (nSPS) is 10.3. The SMILES string of the molecule is O=[N+]([O-])c1cccc(CNc2c(F)cccc2Br)c1F. The Kier molecular flexibility index (Phi) is 4.29. The fraction of sp³-hybridized carbons (Fsp3) is 0.0769. The number of hydrogen-bond donors (Lipinski definition) is 1. The molecule has 1 N–H and O–H groups in total. The van der Waals surface area contributed by atoms with Crippen LogP contribution in [0.1, 0.15) is 5.56 Å². The molecule has 104 valence electrons. The van der Waals surface area contributed by atoms with Crippen molar-refractivity contribution in [2.75, 3.05) is 5.32 Å². The third-order valence-corrected chi connectivity index (χ3v) is 3.33. The van der Waals surface area contributed by atoms with Crippen molar-refractivity contribution < 1.29 is 13.7 Å². The highest BCUT2D eigenvalue weighted by Crippen LogP contribution is 2.27. The summed E-state index contributed by atoms with van der Waals surface area (Å²) in [7, 11) is 0. The van der Waals surface area contributed by atoms with Gasteiger partial charge in [0.05, 0.1) is 10.6 Å². The van der Waals surface area contributed by atoms with Gasteiger partial charge in [-0.05, 0) is 28.1 Å². The summed E-state index contributed by atoms with van der Waals surface area (Å²) in [5.41, 5.74) is -0.329. The second-order valence-electron chi connectivity index (χ2n) is 3.96. The largest absolute Gasteiger partial charge is 0.378 e. The summed E-state index contributed by atoms with van der Waals surface area (Å²) in [5, 5.41) is 13.4. The van der Waals surface area contributed by atoms with Gasteiger partial charge in [-0.3, -0.25) is 10.1 Å². The third-order valence-electron chi connectivity index (χ3n) is 2.67. The van der Waals surface area contributed by atoms with Crippen LogP contribution in [0.25, 0.3) is 0 Å². The highest BCUT2D eigenvalue weighted by molar-refractivity contribution is 9.10. The fourth-order valence-corrected chi connectivity index (χ4v) is 2.18. The maximum Gasteiger partial charge on any atom is 0.305 e. The number of nitro groups is 1. The van der Waals surface area contributed by atoms with Crippen LogP contribution >= 0.6 is 15.9 Å². The standard InChI is InChI=1S/C13H9BrF2N2O2/c14-9-4-2-5-10(15)13(9)17-7-8-3-1-6-11(12(8)16)18(19)20/h1-6,17H,7H2. The first-order valence-electron chi connectivity index (χ1n) is 5.60. The Labute approximate surface area is 121 Å². The monoisotopic (exact) mass is 342 g/mol. The lowest BCUT2D eigenvalue weighted by molar-refractivity contribution is -0.387. The molecular formula is C13H9BrF2N2O2. The first-order valence-corrected chi connectivity index (χ1v) is 6.39. The molecule has 0 unspecified atom stereocenters. The zero-order valence-corrected chi connectivity index (χ0v) is 11.7. The van der Waals surface area contributed by atoms with E-state index in [0.717, 1.165) is 6.07 Å². The average molecular weight is 343 g/mol. The van der Waals surface area contributed by atoms with Crippen LogP contribution in [-0.4, -0.2) is 4.92 Å². The van der Waals surface area contributed by atoms with Gasteiger partial charge in [-0.1, -0.05) is 18.2 Å². The lowest BCUT2D eigenvalue weighted by Gasteiger charge is -2.10. The lowest BCUT2D eigenvalue weighted by atomic mass is 10.2. The van der Waals surface area contributed by atoms with E-state index >= 15 is 0 Å². The van der Waals surface area contributed by atoms with Crippen LogP contribution in [-0.2, 0) is 6.54 Å². The molecule has 20 heavy (non-hydrogen) atoms. The second-order valence-corrected chi connectivity index (χ2v) is 4.81. The molecule has 2 aromatic rings. The van der Waals surface area contributed by atoms with Crippen LogP contribution in [0.4, 0.5) is 20.2 Å². The van der Waals surface area contributed by atoms with Gasteiger partial charge >= 0.3 is 5.69 Å². The van der Waals surface area contributed by atoms with E-state index < -0.39 is 22.2 Å². The Balaban J connectivity index is 2.24. The molecule has 0 aromatic heterocycles. The summed E-state index contributed by atoms with van der Waals surface area (Å²) >= 11 is 3.17. The molecule has 7 heteroatoms. The molecular weight excluding hydrogens is 334 g/mol. The zero-order valence-electron chi connectivity index (χ0n) is 10.1. The number of nitro benzene ring substituents is 1. The van der Waals surface area contributed by atoms with Crippen molar-refractivity contribution in [2.24, 2.45) is 0 Å². The summed E-state index contributed by atoms with van der Waals surface area (Å²) in [4.78, 5) is 9.84. The molecule has 0 aliphatic heterocycles. The number of nitrogens with zero attached hydrogens (tertiary/aromatic N) is 1. The number of para-hydroxylation sites is 1. The van der Waals surface area contributed by atoms with Crippen molar-refractivity contribution >= 4 is 27.3 Å². The molecule has 0 aliphatic carbocycles. The number of benzene rings is 2. The quantitative estimate of drug-likeness (QED) is 0.667. The van der Waals surface area contributed by atoms with Gasteiger partial charge in [0.15, 0.2) is 0 Å². The molecule has 0 radical (unpaired) electrons. The molecule has 0 atom stereocenters. The van der Waals surface area contributed by atoms with Crippen molar-refractivity contribution in [1.29, 1.82) is 0 Å². The van der Waals surface area contributed by atoms with Crippen molar-refractivity contribution in [1.82, 2.24) is 0 Å². The van der Waals surface area contributed by atoms with Gasteiger partial charge in [-0.15, -0.1) is 0 Å². The Morgan fingerprint density at radius 2 is 1.90 bits per heavy atom. The molecule has 0 heterocycles. The maximum absolute atomic E-state index is 13.8. The summed E-state index contributed by atoms with van der Waals surface area (Å²) in [6, 6.07) is 8.29. The van der Waals surface area contributed by atoms with E-state index in [2.05, 4.69) is 21.2 Å². The van der Waals surface area contributed by atoms with Gasteiger partial charge in [-0.2, -0.15) is 4.39 Å². The van der Waals surface area contributed by atoms with E-state index in [1.807, 2.05) is 0 Å². The van der Waals surface area contributed by atoms with E-state index in [4.69, 9.17) is 0 Å². The Morgan fingerprint density at radius 3 is 2.55 bits per heavy atom. The van der Waals surface area contributed by atoms with E-state index in [-0.39, 0.29) is 17.8 Å². The van der Waals surface area contributed by atoms with Crippen LogP contribution < -0.4 is 5.32 Å². The van der Waals surface area contributed by atoms with E-state index in [0.29, 0.717) is 4.47 Å². The predicted molar refractivity (Wildman–Crippen MR) is 74.5 cm³/mol. The summed E-state index contributed by atoms with van der Waals surface area (Å²) in [5.74, 6) is -1.41. The van der Waals surface area contributed by atoms with Crippen molar-refractivity contribution in [3.05, 3.63) is 68.2 Å². The molecule has 0 aliphatic rings. The number of halogens is 3. The summed E-state index contributed by atoms with van der Waals surface area (Å²) in [6.07, 6.45) is 0. The molecule has 4 nitrogen and oxygen atoms in total. The molecule has 0 fully saturated rings. The van der Waals surface area contributed by atoms with Gasteiger partial charge < -0.3 is 5.32 Å². The second kappa shape index (κ2) is 5.96. The van der Waals surface area contributed by atoms with Crippen molar-refractivity contribution in [3.8, 4) is 0 Å². The number of rotatable bonds is 4. The van der Waals surface area contributed by atoms with E-state index in [9.17, 15) is 18.9 Å². The lowest BCUT2D eigenvalue weighted by Crippen LogP contribution is -2.05.